The van der Waals surface area contributed by atoms with Gasteiger partial charge in [0.2, 0.25) is 5.91 Å². The minimum atomic E-state index is -1.27. The number of thioether (sulfide) groups is 1. The molecular weight excluding hydrogens is 270 g/mol. The summed E-state index contributed by atoms with van der Waals surface area (Å²) >= 11 is 0.957. The first-order valence-electron chi connectivity index (χ1n) is 6.61. The van der Waals surface area contributed by atoms with Crippen molar-refractivity contribution >= 4 is 17.7 Å². The largest absolute Gasteiger partial charge is 0.395 e. The van der Waals surface area contributed by atoms with E-state index in [1.807, 2.05) is 6.92 Å². The summed E-state index contributed by atoms with van der Waals surface area (Å²) < 4.78 is 0. The number of aliphatic hydroxyl groups excluding tert-OH is 4. The molecule has 0 aromatic rings. The molecule has 1 aliphatic rings. The highest BCUT2D eigenvalue weighted by molar-refractivity contribution is 8.00. The van der Waals surface area contributed by atoms with Crippen LogP contribution in [0.1, 0.15) is 32.6 Å². The first-order valence-corrected chi connectivity index (χ1v) is 7.55. The van der Waals surface area contributed by atoms with Crippen LogP contribution in [0.2, 0.25) is 0 Å². The second-order valence-corrected chi connectivity index (χ2v) is 6.14. The number of hydrogen-bond acceptors (Lipinski definition) is 6. The molecular formula is C12H23NO5S. The molecule has 0 radical (unpaired) electrons. The number of carbonyl (C=O) groups excluding carboxylic acids is 1. The molecule has 5 atom stereocenters. The van der Waals surface area contributed by atoms with E-state index in [2.05, 4.69) is 5.32 Å². The molecule has 5 N–H and O–H groups in total. The van der Waals surface area contributed by atoms with Crippen LogP contribution < -0.4 is 5.32 Å². The Kier molecular flexibility index (Phi) is 7.09. The Morgan fingerprint density at radius 3 is 2.47 bits per heavy atom. The third-order valence-corrected chi connectivity index (χ3v) is 4.58. The van der Waals surface area contributed by atoms with E-state index < -0.39 is 28.9 Å². The summed E-state index contributed by atoms with van der Waals surface area (Å²) in [6, 6.07) is -0.906. The van der Waals surface area contributed by atoms with Gasteiger partial charge in [-0.05, 0) is 6.42 Å². The van der Waals surface area contributed by atoms with Gasteiger partial charge < -0.3 is 25.7 Å². The molecule has 0 aromatic heterocycles. The first-order chi connectivity index (χ1) is 9.01. The quantitative estimate of drug-likeness (QED) is 0.410. The lowest BCUT2D eigenvalue weighted by Crippen LogP contribution is -2.60. The summed E-state index contributed by atoms with van der Waals surface area (Å²) in [5, 5.41) is 40.4. The van der Waals surface area contributed by atoms with Gasteiger partial charge in [-0.15, -0.1) is 11.8 Å². The van der Waals surface area contributed by atoms with Gasteiger partial charge in [-0.2, -0.15) is 0 Å². The third kappa shape index (κ3) is 4.61. The van der Waals surface area contributed by atoms with Gasteiger partial charge in [-0.25, -0.2) is 0 Å². The topological polar surface area (TPSA) is 110 Å². The highest BCUT2D eigenvalue weighted by atomic mass is 32.2. The van der Waals surface area contributed by atoms with E-state index in [-0.39, 0.29) is 12.5 Å². The fourth-order valence-corrected chi connectivity index (χ4v) is 3.21. The average Bonchev–Trinajstić information content (AvgIpc) is 2.39. The van der Waals surface area contributed by atoms with Crippen molar-refractivity contribution in [3.63, 3.8) is 0 Å². The third-order valence-electron chi connectivity index (χ3n) is 3.24. The van der Waals surface area contributed by atoms with Crippen LogP contribution in [0.5, 0.6) is 0 Å². The Morgan fingerprint density at radius 1 is 1.21 bits per heavy atom. The van der Waals surface area contributed by atoms with E-state index in [0.29, 0.717) is 6.42 Å². The maximum absolute atomic E-state index is 11.7. The molecule has 0 spiro atoms. The Hall–Kier alpha value is -0.340. The predicted molar refractivity (Wildman–Crippen MR) is 72.6 cm³/mol. The fourth-order valence-electron chi connectivity index (χ4n) is 2.05. The molecule has 0 aromatic carbocycles. The van der Waals surface area contributed by atoms with E-state index in [1.54, 1.807) is 0 Å². The van der Waals surface area contributed by atoms with Crippen LogP contribution in [0.4, 0.5) is 0 Å². The molecule has 1 amide bonds. The van der Waals surface area contributed by atoms with Gasteiger partial charge in [-0.3, -0.25) is 4.79 Å². The first kappa shape index (κ1) is 16.7. The number of hydrogen-bond donors (Lipinski definition) is 5. The highest BCUT2D eigenvalue weighted by Gasteiger charge is 2.43. The highest BCUT2D eigenvalue weighted by Crippen LogP contribution is 2.31. The number of carbonyl (C=O) groups is 1. The summed E-state index contributed by atoms with van der Waals surface area (Å²) in [5.74, 6) is -0.244. The van der Waals surface area contributed by atoms with Crippen LogP contribution >= 0.6 is 11.8 Å². The molecule has 1 heterocycles. The van der Waals surface area contributed by atoms with Crippen LogP contribution in [0.3, 0.4) is 0 Å². The zero-order valence-corrected chi connectivity index (χ0v) is 11.8. The number of aliphatic hydroxyl groups is 4. The van der Waals surface area contributed by atoms with Gasteiger partial charge in [-0.1, -0.05) is 19.8 Å². The summed E-state index contributed by atoms with van der Waals surface area (Å²) in [6.45, 7) is 1.70. The molecule has 5 unspecified atom stereocenters. The Morgan fingerprint density at radius 2 is 1.89 bits per heavy atom. The second kappa shape index (κ2) is 8.06. The van der Waals surface area contributed by atoms with E-state index in [9.17, 15) is 20.1 Å². The van der Waals surface area contributed by atoms with Crippen molar-refractivity contribution in [3.05, 3.63) is 0 Å². The van der Waals surface area contributed by atoms with Crippen molar-refractivity contribution < 1.29 is 25.2 Å². The monoisotopic (exact) mass is 293 g/mol. The van der Waals surface area contributed by atoms with Crippen LogP contribution in [0.25, 0.3) is 0 Å². The molecule has 1 rings (SSSR count). The summed E-state index contributed by atoms with van der Waals surface area (Å²) in [7, 11) is 0. The Bertz CT molecular complexity index is 291. The van der Waals surface area contributed by atoms with Gasteiger partial charge in [0.05, 0.1) is 24.0 Å². The SMILES string of the molecule is CCCCCC(=O)NC1C(O)SC(CO)C(O)C1O. The molecule has 19 heavy (non-hydrogen) atoms. The zero-order chi connectivity index (χ0) is 14.4. The molecule has 7 heteroatoms. The maximum Gasteiger partial charge on any atom is 0.220 e. The van der Waals surface area contributed by atoms with Crippen molar-refractivity contribution in [2.24, 2.45) is 0 Å². The van der Waals surface area contributed by atoms with Crippen molar-refractivity contribution in [2.75, 3.05) is 6.61 Å². The van der Waals surface area contributed by atoms with Crippen LogP contribution in [-0.2, 0) is 4.79 Å². The van der Waals surface area contributed by atoms with Gasteiger partial charge in [0.1, 0.15) is 11.5 Å². The van der Waals surface area contributed by atoms with Crippen molar-refractivity contribution in [1.29, 1.82) is 0 Å². The predicted octanol–water partition coefficient (Wildman–Crippen LogP) is -0.801. The maximum atomic E-state index is 11.7. The van der Waals surface area contributed by atoms with Crippen molar-refractivity contribution in [2.45, 2.75) is 61.5 Å². The van der Waals surface area contributed by atoms with Gasteiger partial charge in [0.15, 0.2) is 0 Å². The minimum Gasteiger partial charge on any atom is -0.395 e. The average molecular weight is 293 g/mol. The van der Waals surface area contributed by atoms with Gasteiger partial charge >= 0.3 is 0 Å². The lowest BCUT2D eigenvalue weighted by molar-refractivity contribution is -0.125. The number of amides is 1. The van der Waals surface area contributed by atoms with E-state index in [4.69, 9.17) is 5.11 Å². The molecule has 0 saturated carbocycles. The standard InChI is InChI=1S/C12H23NO5S/c1-2-3-4-5-8(15)13-9-11(17)10(16)7(6-14)19-12(9)18/h7,9-12,14,16-18H,2-6H2,1H3,(H,13,15). The summed E-state index contributed by atoms with van der Waals surface area (Å²) in [5.41, 5.74) is -1.04. The molecule has 6 nitrogen and oxygen atoms in total. The number of unbranched alkanes of at least 4 members (excludes halogenated alkanes) is 2. The van der Waals surface area contributed by atoms with Crippen molar-refractivity contribution in [1.82, 2.24) is 5.32 Å². The van der Waals surface area contributed by atoms with Gasteiger partial charge in [0.25, 0.3) is 0 Å². The normalized spacial score (nSPS) is 35.1. The van der Waals surface area contributed by atoms with Crippen LogP contribution in [0, 0.1) is 0 Å². The lowest BCUT2D eigenvalue weighted by Gasteiger charge is -2.39. The van der Waals surface area contributed by atoms with Crippen LogP contribution in [-0.4, -0.2) is 61.9 Å². The second-order valence-electron chi connectivity index (χ2n) is 4.78. The fraction of sp³-hybridized carbons (Fsp3) is 0.917. The minimum absolute atomic E-state index is 0.244. The number of rotatable bonds is 6. The van der Waals surface area contributed by atoms with Crippen molar-refractivity contribution in [3.8, 4) is 0 Å². The van der Waals surface area contributed by atoms with E-state index in [0.717, 1.165) is 31.0 Å². The molecule has 0 bridgehead atoms. The zero-order valence-electron chi connectivity index (χ0n) is 11.0. The van der Waals surface area contributed by atoms with E-state index >= 15 is 0 Å². The smallest absolute Gasteiger partial charge is 0.220 e. The molecule has 112 valence electrons. The molecule has 1 saturated heterocycles. The Labute approximate surface area is 117 Å². The van der Waals surface area contributed by atoms with E-state index in [1.165, 1.54) is 0 Å². The lowest BCUT2D eigenvalue weighted by atomic mass is 10.0. The van der Waals surface area contributed by atoms with Gasteiger partial charge in [0, 0.05) is 6.42 Å². The molecule has 0 aliphatic carbocycles. The van der Waals surface area contributed by atoms with Crippen LogP contribution in [0.15, 0.2) is 0 Å². The molecule has 1 aliphatic heterocycles. The summed E-state index contributed by atoms with van der Waals surface area (Å²) in [4.78, 5) is 11.7. The summed E-state index contributed by atoms with van der Waals surface area (Å²) in [6.07, 6.45) is 0.620. The molecule has 1 fully saturated rings. The number of nitrogens with one attached hydrogen (secondary N) is 1. The Balaban J connectivity index is 2.50.